The van der Waals surface area contributed by atoms with Gasteiger partial charge in [-0.1, -0.05) is 24.3 Å². The van der Waals surface area contributed by atoms with E-state index in [1.807, 2.05) is 30.3 Å². The number of carbonyl (C=O) groups is 1. The van der Waals surface area contributed by atoms with Gasteiger partial charge in [-0.05, 0) is 18.3 Å². The van der Waals surface area contributed by atoms with Crippen LogP contribution in [0.1, 0.15) is 34.1 Å². The molecule has 0 saturated heterocycles. The largest absolute Gasteiger partial charge is 0.493 e. The van der Waals surface area contributed by atoms with Crippen molar-refractivity contribution in [3.05, 3.63) is 65.0 Å². The van der Waals surface area contributed by atoms with Gasteiger partial charge in [-0.15, -0.1) is 0 Å². The molecule has 27 heavy (non-hydrogen) atoms. The van der Waals surface area contributed by atoms with Crippen LogP contribution in [-0.4, -0.2) is 36.2 Å². The van der Waals surface area contributed by atoms with Crippen molar-refractivity contribution < 1.29 is 14.3 Å². The number of methoxy groups -OCH3 is 1. The van der Waals surface area contributed by atoms with Crippen LogP contribution in [0.5, 0.6) is 5.75 Å². The van der Waals surface area contributed by atoms with Crippen LogP contribution in [0.15, 0.2) is 48.2 Å². The molecule has 1 aliphatic heterocycles. The number of rotatable bonds is 6. The van der Waals surface area contributed by atoms with Crippen LogP contribution < -0.4 is 15.4 Å². The zero-order chi connectivity index (χ0) is 18.8. The lowest BCUT2D eigenvalue weighted by Gasteiger charge is -2.27. The van der Waals surface area contributed by atoms with Crippen LogP contribution in [0.3, 0.4) is 0 Å². The highest BCUT2D eigenvalue weighted by molar-refractivity contribution is 7.80. The average molecular weight is 381 g/mol. The molecule has 2 aromatic rings. The van der Waals surface area contributed by atoms with Gasteiger partial charge in [-0.2, -0.15) is 0 Å². The third-order valence-corrected chi connectivity index (χ3v) is 4.79. The Balaban J connectivity index is 1.65. The Labute approximate surface area is 162 Å². The molecule has 1 aromatic carbocycles. The fourth-order valence-corrected chi connectivity index (χ4v) is 3.58. The topological polar surface area (TPSA) is 72.5 Å². The number of Topliss-reactive ketones (excluding diaryl/α,β-unsaturated/α-hetero) is 1. The Morgan fingerprint density at radius 2 is 2.00 bits per heavy atom. The number of aromatic nitrogens is 1. The maximum absolute atomic E-state index is 13.0. The predicted octanol–water partition coefficient (Wildman–Crippen LogP) is 2.62. The van der Waals surface area contributed by atoms with Crippen LogP contribution >= 0.6 is 12.2 Å². The minimum atomic E-state index is -0.420. The van der Waals surface area contributed by atoms with E-state index >= 15 is 0 Å². The lowest BCUT2D eigenvalue weighted by molar-refractivity contribution is 0.103. The van der Waals surface area contributed by atoms with Gasteiger partial charge >= 0.3 is 0 Å². The monoisotopic (exact) mass is 381 g/mol. The fourth-order valence-electron chi connectivity index (χ4n) is 3.36. The molecule has 0 fully saturated rings. The van der Waals surface area contributed by atoms with Crippen molar-refractivity contribution in [1.29, 1.82) is 0 Å². The number of benzene rings is 1. The number of ether oxygens (including phenoxy) is 2. The quantitative estimate of drug-likeness (QED) is 0.589. The first-order chi connectivity index (χ1) is 13.2. The molecule has 1 atom stereocenters. The maximum atomic E-state index is 13.0. The molecule has 7 heteroatoms. The standard InChI is InChI=1S/C20H19N3O3S/c1-25-9-4-10-26-12-7-8-21-15(11-12)18-16-17(22-20(27)23-18)13-5-2-3-6-14(13)19(16)24/h2-3,5-8,11,18H,4,9-10H2,1H3,(H2,22,23,27). The van der Waals surface area contributed by atoms with Crippen molar-refractivity contribution in [2.24, 2.45) is 0 Å². The molecule has 0 amide bonds. The fraction of sp³-hybridized carbons (Fsp3) is 0.250. The molecule has 4 rings (SSSR count). The second-order valence-electron chi connectivity index (χ2n) is 6.31. The molecule has 1 aliphatic carbocycles. The van der Waals surface area contributed by atoms with Gasteiger partial charge in [0.25, 0.3) is 0 Å². The first kappa shape index (κ1) is 17.6. The van der Waals surface area contributed by atoms with Gasteiger partial charge in [0, 0.05) is 43.5 Å². The van der Waals surface area contributed by atoms with Crippen molar-refractivity contribution >= 4 is 28.8 Å². The molecular weight excluding hydrogens is 362 g/mol. The normalized spacial score (nSPS) is 17.9. The van der Waals surface area contributed by atoms with Gasteiger partial charge in [0.1, 0.15) is 11.8 Å². The first-order valence-electron chi connectivity index (χ1n) is 8.72. The highest BCUT2D eigenvalue weighted by Crippen LogP contribution is 2.39. The summed E-state index contributed by atoms with van der Waals surface area (Å²) in [6, 6.07) is 10.8. The van der Waals surface area contributed by atoms with E-state index in [-0.39, 0.29) is 5.78 Å². The van der Waals surface area contributed by atoms with Crippen LogP contribution in [-0.2, 0) is 4.74 Å². The maximum Gasteiger partial charge on any atom is 0.194 e. The van der Waals surface area contributed by atoms with Gasteiger partial charge in [0.2, 0.25) is 0 Å². The van der Waals surface area contributed by atoms with Crippen molar-refractivity contribution in [3.63, 3.8) is 0 Å². The number of hydrogen-bond donors (Lipinski definition) is 2. The number of carbonyl (C=O) groups excluding carboxylic acids is 1. The van der Waals surface area contributed by atoms with Gasteiger partial charge in [-0.25, -0.2) is 0 Å². The van der Waals surface area contributed by atoms with Crippen molar-refractivity contribution in [1.82, 2.24) is 15.6 Å². The SMILES string of the molecule is COCCCOc1ccnc(C2NC(=S)NC3=C2C(=O)c2ccccc23)c1. The molecule has 0 radical (unpaired) electrons. The van der Waals surface area contributed by atoms with Gasteiger partial charge in [0.15, 0.2) is 10.9 Å². The number of nitrogens with zero attached hydrogens (tertiary/aromatic N) is 1. The van der Waals surface area contributed by atoms with E-state index < -0.39 is 6.04 Å². The lowest BCUT2D eigenvalue weighted by Crippen LogP contribution is -2.43. The molecule has 138 valence electrons. The highest BCUT2D eigenvalue weighted by atomic mass is 32.1. The predicted molar refractivity (Wildman–Crippen MR) is 106 cm³/mol. The Morgan fingerprint density at radius 1 is 1.19 bits per heavy atom. The molecule has 2 heterocycles. The summed E-state index contributed by atoms with van der Waals surface area (Å²) in [6.45, 7) is 1.19. The number of fused-ring (bicyclic) bond motifs is 2. The second-order valence-corrected chi connectivity index (χ2v) is 6.71. The number of thiocarbonyl (C=S) groups is 1. The Morgan fingerprint density at radius 3 is 2.81 bits per heavy atom. The zero-order valence-corrected chi connectivity index (χ0v) is 15.6. The molecule has 0 spiro atoms. The Bertz CT molecular complexity index is 942. The summed E-state index contributed by atoms with van der Waals surface area (Å²) in [5.41, 5.74) is 3.64. The van der Waals surface area contributed by atoms with Crippen LogP contribution in [0.2, 0.25) is 0 Å². The van der Waals surface area contributed by atoms with E-state index in [1.54, 1.807) is 19.4 Å². The summed E-state index contributed by atoms with van der Waals surface area (Å²) in [5, 5.41) is 6.78. The highest BCUT2D eigenvalue weighted by Gasteiger charge is 2.39. The second kappa shape index (κ2) is 7.46. The Kier molecular flexibility index (Phi) is 4.87. The van der Waals surface area contributed by atoms with Crippen LogP contribution in [0.25, 0.3) is 5.70 Å². The minimum absolute atomic E-state index is 0.0127. The number of nitrogens with one attached hydrogen (secondary N) is 2. The van der Waals surface area contributed by atoms with Crippen molar-refractivity contribution in [3.8, 4) is 5.75 Å². The summed E-state index contributed by atoms with van der Waals surface area (Å²) < 4.78 is 10.8. The van der Waals surface area contributed by atoms with E-state index in [1.165, 1.54) is 0 Å². The third-order valence-electron chi connectivity index (χ3n) is 4.57. The number of hydrogen-bond acceptors (Lipinski definition) is 5. The molecule has 0 saturated carbocycles. The van der Waals surface area contributed by atoms with Gasteiger partial charge in [0.05, 0.1) is 23.6 Å². The van der Waals surface area contributed by atoms with Crippen molar-refractivity contribution in [2.75, 3.05) is 20.3 Å². The molecule has 0 bridgehead atoms. The molecule has 1 aromatic heterocycles. The number of ketones is 1. The average Bonchev–Trinajstić information content (AvgIpc) is 2.97. The summed E-state index contributed by atoms with van der Waals surface area (Å²) in [5.74, 6) is 0.689. The van der Waals surface area contributed by atoms with Crippen molar-refractivity contribution in [2.45, 2.75) is 12.5 Å². The lowest BCUT2D eigenvalue weighted by atomic mass is 9.98. The smallest absolute Gasteiger partial charge is 0.194 e. The van der Waals surface area contributed by atoms with Gasteiger partial charge in [-0.3, -0.25) is 9.78 Å². The number of pyridine rings is 1. The summed E-state index contributed by atoms with van der Waals surface area (Å²) in [4.78, 5) is 17.5. The molecule has 1 unspecified atom stereocenters. The van der Waals surface area contributed by atoms with Crippen LogP contribution in [0.4, 0.5) is 0 Å². The first-order valence-corrected chi connectivity index (χ1v) is 9.13. The van der Waals surface area contributed by atoms with Crippen LogP contribution in [0, 0.1) is 0 Å². The summed E-state index contributed by atoms with van der Waals surface area (Å²) >= 11 is 5.37. The third kappa shape index (κ3) is 3.31. The summed E-state index contributed by atoms with van der Waals surface area (Å²) in [7, 11) is 1.66. The zero-order valence-electron chi connectivity index (χ0n) is 14.8. The molecule has 2 aliphatic rings. The van der Waals surface area contributed by atoms with E-state index in [0.29, 0.717) is 40.9 Å². The summed E-state index contributed by atoms with van der Waals surface area (Å²) in [6.07, 6.45) is 2.48. The molecular formula is C20H19N3O3S. The Hall–Kier alpha value is -2.77. The molecule has 2 N–H and O–H groups in total. The van der Waals surface area contributed by atoms with E-state index in [2.05, 4.69) is 15.6 Å². The molecule has 6 nitrogen and oxygen atoms in total. The van der Waals surface area contributed by atoms with E-state index in [4.69, 9.17) is 21.7 Å². The van der Waals surface area contributed by atoms with Gasteiger partial charge < -0.3 is 20.1 Å². The minimum Gasteiger partial charge on any atom is -0.493 e. The van der Waals surface area contributed by atoms with E-state index in [9.17, 15) is 4.79 Å². The van der Waals surface area contributed by atoms with E-state index in [0.717, 1.165) is 17.7 Å².